The van der Waals surface area contributed by atoms with Crippen LogP contribution in [0.4, 0.5) is 0 Å². The van der Waals surface area contributed by atoms with Crippen LogP contribution in [0.2, 0.25) is 0 Å². The quantitative estimate of drug-likeness (QED) is 0.266. The van der Waals surface area contributed by atoms with E-state index in [4.69, 9.17) is 30.0 Å². The van der Waals surface area contributed by atoms with E-state index in [9.17, 15) is 0 Å². The third-order valence-corrected chi connectivity index (χ3v) is 5.69. The topological polar surface area (TPSA) is 23.5 Å². The van der Waals surface area contributed by atoms with Crippen molar-refractivity contribution in [1.29, 1.82) is 0 Å². The molecule has 0 bridgehead atoms. The summed E-state index contributed by atoms with van der Waals surface area (Å²) in [4.78, 5) is 1.81. The molecule has 0 amide bonds. The first-order valence-corrected chi connectivity index (χ1v) is 8.96. The maximum absolute atomic E-state index is 8.59. The van der Waals surface area contributed by atoms with Gasteiger partial charge in [0.15, 0.2) is 0 Å². The summed E-state index contributed by atoms with van der Waals surface area (Å²) < 4.78 is 0.434. The molecule has 0 aliphatic rings. The van der Waals surface area contributed by atoms with Gasteiger partial charge >= 0.3 is 22.4 Å². The molecule has 0 spiro atoms. The summed E-state index contributed by atoms with van der Waals surface area (Å²) in [6.07, 6.45) is 4.26. The molecule has 0 radical (unpaired) electrons. The second-order valence-electron chi connectivity index (χ2n) is 3.90. The van der Waals surface area contributed by atoms with Crippen LogP contribution in [0.5, 0.6) is 0 Å². The average molecular weight is 493 g/mol. The summed E-state index contributed by atoms with van der Waals surface area (Å²) in [5, 5.41) is 8.59. The van der Waals surface area contributed by atoms with Gasteiger partial charge in [-0.25, -0.2) is 0 Å². The maximum atomic E-state index is 8.59. The summed E-state index contributed by atoms with van der Waals surface area (Å²) in [5.41, 5.74) is 0. The third-order valence-electron chi connectivity index (χ3n) is 2.54. The minimum absolute atomic E-state index is 0. The largest absolute Gasteiger partial charge is 1.00 e. The molecule has 0 unspecified atom stereocenters. The Kier molecular flexibility index (Phi) is 22.0. The van der Waals surface area contributed by atoms with E-state index in [1.165, 1.54) is 18.5 Å². The van der Waals surface area contributed by atoms with Gasteiger partial charge in [-0.1, -0.05) is 25.1 Å². The van der Waals surface area contributed by atoms with Crippen LogP contribution in [-0.2, 0) is 35.0 Å². The van der Waals surface area contributed by atoms with Crippen LogP contribution < -0.4 is 0 Å². The van der Waals surface area contributed by atoms with E-state index in [0.717, 1.165) is 0 Å². The Morgan fingerprint density at radius 2 is 1.61 bits per heavy atom. The first-order chi connectivity index (χ1) is 7.94. The molecule has 0 aromatic heterocycles. The van der Waals surface area contributed by atoms with E-state index in [-0.39, 0.29) is 35.0 Å². The Balaban J connectivity index is -0.000000251. The van der Waals surface area contributed by atoms with Crippen molar-refractivity contribution in [1.82, 2.24) is 4.90 Å². The van der Waals surface area contributed by atoms with Crippen LogP contribution in [0, 0.1) is 0 Å². The first kappa shape index (κ1) is 24.3. The zero-order chi connectivity index (χ0) is 13.8. The fraction of sp³-hybridized carbons (Fsp3) is 0.917. The molecule has 0 atom stereocenters. The Morgan fingerprint density at radius 3 is 1.67 bits per heavy atom. The van der Waals surface area contributed by atoms with Gasteiger partial charge in [0.25, 0.3) is 0 Å². The summed E-state index contributed by atoms with van der Waals surface area (Å²) in [7, 11) is 0.446. The molecule has 0 saturated heterocycles. The van der Waals surface area contributed by atoms with Crippen LogP contribution in [0.25, 0.3) is 0 Å². The van der Waals surface area contributed by atoms with Crippen molar-refractivity contribution in [2.24, 2.45) is 0 Å². The van der Waals surface area contributed by atoms with Crippen molar-refractivity contribution in [3.8, 4) is 0 Å². The second kappa shape index (κ2) is 16.3. The predicted molar refractivity (Wildman–Crippen MR) is 87.4 cm³/mol. The minimum Gasteiger partial charge on any atom is -0.411 e. The maximum Gasteiger partial charge on any atom is 1.00 e. The number of aliphatic hydroxyl groups is 1. The van der Waals surface area contributed by atoms with Crippen molar-refractivity contribution in [3.63, 3.8) is 0 Å². The molecule has 1 N–H and O–H groups in total. The number of nitrogens with zero attached hydrogens (tertiary/aromatic N) is 1. The summed E-state index contributed by atoms with van der Waals surface area (Å²) in [6, 6.07) is 0.289. The van der Waals surface area contributed by atoms with Crippen molar-refractivity contribution >= 4 is 37.1 Å². The summed E-state index contributed by atoms with van der Waals surface area (Å²) in [5.74, 6) is 0. The van der Waals surface area contributed by atoms with E-state index >= 15 is 0 Å². The van der Waals surface area contributed by atoms with Crippen LogP contribution in [-0.4, -0.2) is 52.0 Å². The van der Waals surface area contributed by atoms with E-state index in [0.29, 0.717) is 18.8 Å². The fourth-order valence-electron chi connectivity index (χ4n) is 1.34. The molecule has 2 nitrogen and oxygen atoms in total. The normalized spacial score (nSPS) is 9.56. The summed E-state index contributed by atoms with van der Waals surface area (Å²) >= 11 is 9.58. The molecule has 6 heteroatoms. The Bertz CT molecular complexity index is 187. The molecule has 0 fully saturated rings. The Hall–Kier alpha value is 1.24. The fourth-order valence-corrected chi connectivity index (χ4v) is 3.28. The SMILES string of the molecule is CC(C)N(CCO)C(=S)[S-].CCP(CC)CC.[Au+]. The predicted octanol–water partition coefficient (Wildman–Crippen LogP) is 3.05. The monoisotopic (exact) mass is 493 g/mol. The molecule has 0 aliphatic heterocycles. The van der Waals surface area contributed by atoms with Crippen molar-refractivity contribution in [3.05, 3.63) is 0 Å². The van der Waals surface area contributed by atoms with Crippen LogP contribution in [0.15, 0.2) is 0 Å². The third kappa shape index (κ3) is 13.7. The van der Waals surface area contributed by atoms with Gasteiger partial charge in [0, 0.05) is 12.6 Å². The average Bonchev–Trinajstić information content (AvgIpc) is 2.28. The second-order valence-corrected chi connectivity index (χ2v) is 8.17. The molecular weight excluding hydrogens is 466 g/mol. The van der Waals surface area contributed by atoms with E-state index < -0.39 is 0 Å². The van der Waals surface area contributed by atoms with Crippen molar-refractivity contribution < 1.29 is 27.5 Å². The van der Waals surface area contributed by atoms with Gasteiger partial charge in [0.1, 0.15) is 0 Å². The molecule has 0 rings (SSSR count). The Labute approximate surface area is 141 Å². The van der Waals surface area contributed by atoms with Crippen LogP contribution >= 0.6 is 20.1 Å². The molecule has 0 aromatic carbocycles. The minimum atomic E-state index is 0. The number of rotatable bonds is 6. The number of hydrogen-bond donors (Lipinski definition) is 1. The van der Waals surface area contributed by atoms with Gasteiger partial charge in [-0.3, -0.25) is 0 Å². The van der Waals surface area contributed by atoms with E-state index in [1.54, 1.807) is 0 Å². The Morgan fingerprint density at radius 1 is 1.22 bits per heavy atom. The van der Waals surface area contributed by atoms with Gasteiger partial charge in [-0.05, 0) is 32.3 Å². The smallest absolute Gasteiger partial charge is 0.411 e. The molecule has 0 aliphatic carbocycles. The van der Waals surface area contributed by atoms with Crippen LogP contribution in [0.3, 0.4) is 0 Å². The van der Waals surface area contributed by atoms with Gasteiger partial charge in [-0.15, -0.1) is 7.92 Å². The zero-order valence-electron chi connectivity index (χ0n) is 12.1. The molecule has 0 heterocycles. The summed E-state index contributed by atoms with van der Waals surface area (Å²) in [6.45, 7) is 11.5. The molecule has 114 valence electrons. The molecule has 18 heavy (non-hydrogen) atoms. The van der Waals surface area contributed by atoms with E-state index in [1.807, 2.05) is 18.7 Å². The zero-order valence-corrected chi connectivity index (χ0v) is 16.8. The first-order valence-electron chi connectivity index (χ1n) is 6.25. The molecule has 0 aromatic rings. The number of thiocarbonyl (C=S) groups is 1. The van der Waals surface area contributed by atoms with E-state index in [2.05, 4.69) is 20.8 Å². The van der Waals surface area contributed by atoms with Crippen LogP contribution in [0.1, 0.15) is 34.6 Å². The van der Waals surface area contributed by atoms with Gasteiger partial charge in [0.2, 0.25) is 0 Å². The van der Waals surface area contributed by atoms with Gasteiger partial charge in [0.05, 0.1) is 6.61 Å². The number of aliphatic hydroxyl groups excluding tert-OH is 1. The standard InChI is InChI=1S/C6H13NOS2.C6H15P.Au/c1-5(2)7(3-4-8)6(9)10;1-4-7(5-2)6-3;/h5,8H,3-4H2,1-2H3,(H,9,10);4-6H2,1-3H3;/q;;+1/p-1. The molecule has 0 saturated carbocycles. The van der Waals surface area contributed by atoms with Gasteiger partial charge in [-0.2, -0.15) is 0 Å². The van der Waals surface area contributed by atoms with Gasteiger partial charge < -0.3 is 34.9 Å². The van der Waals surface area contributed by atoms with Crippen molar-refractivity contribution in [2.45, 2.75) is 40.7 Å². The number of hydrogen-bond acceptors (Lipinski definition) is 3. The molecular formula is C12H27AuNOPS2. The van der Waals surface area contributed by atoms with Crippen molar-refractivity contribution in [2.75, 3.05) is 31.6 Å².